The molecule has 6 amide bonds. The summed E-state index contributed by atoms with van der Waals surface area (Å²) in [4.78, 5) is 93.8. The van der Waals surface area contributed by atoms with E-state index in [1.54, 1.807) is 6.92 Å². The highest BCUT2D eigenvalue weighted by molar-refractivity contribution is 6.38. The number of carbonyl (C=O) groups excluding carboxylic acids is 7. The van der Waals surface area contributed by atoms with E-state index in [4.69, 9.17) is 10.5 Å². The van der Waals surface area contributed by atoms with E-state index in [-0.39, 0.29) is 30.9 Å². The molecule has 0 radical (unpaired) electrons. The lowest BCUT2D eigenvalue weighted by molar-refractivity contribution is -0.144. The topological polar surface area (TPSA) is 206 Å². The molecule has 318 valence electrons. The summed E-state index contributed by atoms with van der Waals surface area (Å²) in [7, 11) is 0. The van der Waals surface area contributed by atoms with Crippen molar-refractivity contribution < 1.29 is 51.5 Å². The number of hydrogen-bond donors (Lipinski definition) is 5. The van der Waals surface area contributed by atoms with Crippen molar-refractivity contribution in [1.82, 2.24) is 26.2 Å². The lowest BCUT2D eigenvalue weighted by Gasteiger charge is -2.35. The molecule has 0 spiro atoms. The standard InChI is InChI=1S/C40H59F3N6O8/c1-6-8-18-29(35(44)53)46-32(51)22-45-37(55)34(52)28(13-7-2)47-36(54)30-21-27(57-39(3,4)5)23-49(30)38(56)33(25-15-10-9-11-16-25)48-31(50)20-24-14-12-17-26(19-24)40(41,42)43/h12,14,17,19,25,27-30,33H,6-11,13,15-16,18,20-23H2,1-5H3,(H2,44,53)(H,45,55)(H,46,51)(H,47,54)(H,48,50)/t27-,28?,29?,30+,33?/m1/s1. The third kappa shape index (κ3) is 14.7. The van der Waals surface area contributed by atoms with E-state index in [0.717, 1.165) is 37.8 Å². The molecule has 2 aliphatic rings. The van der Waals surface area contributed by atoms with E-state index in [1.165, 1.54) is 17.0 Å². The number of nitrogens with one attached hydrogen (secondary N) is 4. The zero-order chi connectivity index (χ0) is 42.5. The summed E-state index contributed by atoms with van der Waals surface area (Å²) in [6.07, 6.45) is 0.310. The Balaban J connectivity index is 1.81. The Morgan fingerprint density at radius 2 is 1.58 bits per heavy atom. The number of unbranched alkanes of at least 4 members (excludes halogenated alkanes) is 1. The molecule has 0 aromatic heterocycles. The molecule has 3 unspecified atom stereocenters. The summed E-state index contributed by atoms with van der Waals surface area (Å²) < 4.78 is 46.3. The van der Waals surface area contributed by atoms with E-state index in [9.17, 15) is 46.7 Å². The van der Waals surface area contributed by atoms with Crippen LogP contribution in [0.25, 0.3) is 0 Å². The molecule has 1 aromatic rings. The van der Waals surface area contributed by atoms with E-state index in [1.807, 2.05) is 27.7 Å². The molecule has 1 aliphatic heterocycles. The maximum atomic E-state index is 14.6. The van der Waals surface area contributed by atoms with Crippen molar-refractivity contribution in [3.63, 3.8) is 0 Å². The van der Waals surface area contributed by atoms with E-state index >= 15 is 0 Å². The maximum Gasteiger partial charge on any atom is 0.416 e. The number of hydrogen-bond acceptors (Lipinski definition) is 8. The lowest BCUT2D eigenvalue weighted by atomic mass is 9.83. The summed E-state index contributed by atoms with van der Waals surface area (Å²) in [6, 6.07) is -0.0884. The van der Waals surface area contributed by atoms with Crippen molar-refractivity contribution in [2.24, 2.45) is 11.7 Å². The smallest absolute Gasteiger partial charge is 0.371 e. The third-order valence-electron chi connectivity index (χ3n) is 10.1. The van der Waals surface area contributed by atoms with Gasteiger partial charge in [-0.1, -0.05) is 70.6 Å². The second kappa shape index (κ2) is 21.3. The number of Topliss-reactive ketones (excluding diaryl/α,β-unsaturated/α-hetero) is 1. The van der Waals surface area contributed by atoms with Crippen LogP contribution in [0, 0.1) is 5.92 Å². The molecule has 6 N–H and O–H groups in total. The van der Waals surface area contributed by atoms with Crippen molar-refractivity contribution in [2.45, 2.75) is 154 Å². The van der Waals surface area contributed by atoms with Crippen molar-refractivity contribution in [3.8, 4) is 0 Å². The van der Waals surface area contributed by atoms with Crippen LogP contribution in [0.3, 0.4) is 0 Å². The molecule has 0 bridgehead atoms. The van der Waals surface area contributed by atoms with Gasteiger partial charge in [-0.2, -0.15) is 13.2 Å². The molecular formula is C40H59F3N6O8. The van der Waals surface area contributed by atoms with Crippen LogP contribution in [-0.2, 0) is 50.9 Å². The maximum absolute atomic E-state index is 14.6. The number of alkyl halides is 3. The average molecular weight is 809 g/mol. The molecular weight excluding hydrogens is 749 g/mol. The number of nitrogens with zero attached hydrogens (tertiary/aromatic N) is 1. The largest absolute Gasteiger partial charge is 0.416 e. The number of halogens is 3. The van der Waals surface area contributed by atoms with E-state index < -0.39 is 102 Å². The second-order valence-electron chi connectivity index (χ2n) is 16.0. The van der Waals surface area contributed by atoms with Crippen LogP contribution >= 0.6 is 0 Å². The van der Waals surface area contributed by atoms with Gasteiger partial charge >= 0.3 is 6.18 Å². The summed E-state index contributed by atoms with van der Waals surface area (Å²) in [5.74, 6) is -5.86. The minimum atomic E-state index is -4.60. The zero-order valence-corrected chi connectivity index (χ0v) is 33.6. The van der Waals surface area contributed by atoms with Gasteiger partial charge < -0.3 is 36.6 Å². The number of nitrogens with two attached hydrogens (primary N) is 1. The molecule has 57 heavy (non-hydrogen) atoms. The molecule has 1 saturated carbocycles. The van der Waals surface area contributed by atoms with Gasteiger partial charge in [0.1, 0.15) is 18.1 Å². The van der Waals surface area contributed by atoms with Gasteiger partial charge in [0.25, 0.3) is 5.91 Å². The van der Waals surface area contributed by atoms with Crippen molar-refractivity contribution >= 4 is 41.2 Å². The molecule has 1 heterocycles. The number of primary amides is 1. The summed E-state index contributed by atoms with van der Waals surface area (Å²) in [5, 5.41) is 10.1. The number of ether oxygens (including phenoxy) is 1. The summed E-state index contributed by atoms with van der Waals surface area (Å²) >= 11 is 0. The highest BCUT2D eigenvalue weighted by atomic mass is 19.4. The number of carbonyl (C=O) groups is 7. The van der Waals surface area contributed by atoms with Crippen molar-refractivity contribution in [3.05, 3.63) is 35.4 Å². The highest BCUT2D eigenvalue weighted by Gasteiger charge is 2.46. The Morgan fingerprint density at radius 1 is 0.895 bits per heavy atom. The predicted octanol–water partition coefficient (Wildman–Crippen LogP) is 3.23. The summed E-state index contributed by atoms with van der Waals surface area (Å²) in [5.41, 5.74) is 3.93. The third-order valence-corrected chi connectivity index (χ3v) is 10.1. The first-order valence-electron chi connectivity index (χ1n) is 19.9. The first kappa shape index (κ1) is 46.8. The molecule has 5 atom stereocenters. The molecule has 17 heteroatoms. The van der Waals surface area contributed by atoms with Gasteiger partial charge in [-0.05, 0) is 64.0 Å². The van der Waals surface area contributed by atoms with Crippen LogP contribution in [0.5, 0.6) is 0 Å². The lowest BCUT2D eigenvalue weighted by Crippen LogP contribution is -2.58. The number of likely N-dealkylation sites (tertiary alicyclic amines) is 1. The monoisotopic (exact) mass is 808 g/mol. The number of rotatable bonds is 19. The average Bonchev–Trinajstić information content (AvgIpc) is 3.56. The van der Waals surface area contributed by atoms with E-state index in [0.29, 0.717) is 32.1 Å². The Bertz CT molecular complexity index is 1590. The van der Waals surface area contributed by atoms with Crippen LogP contribution < -0.4 is 27.0 Å². The Morgan fingerprint density at radius 3 is 2.18 bits per heavy atom. The van der Waals surface area contributed by atoms with Crippen LogP contribution in [0.2, 0.25) is 0 Å². The number of amides is 6. The van der Waals surface area contributed by atoms with Gasteiger partial charge in [-0.15, -0.1) is 0 Å². The van der Waals surface area contributed by atoms with Gasteiger partial charge in [-0.25, -0.2) is 0 Å². The van der Waals surface area contributed by atoms with Crippen molar-refractivity contribution in [2.75, 3.05) is 13.1 Å². The fraction of sp³-hybridized carbons (Fsp3) is 0.675. The van der Waals surface area contributed by atoms with Gasteiger partial charge in [0, 0.05) is 13.0 Å². The zero-order valence-electron chi connectivity index (χ0n) is 33.6. The minimum Gasteiger partial charge on any atom is -0.371 e. The van der Waals surface area contributed by atoms with Crippen LogP contribution in [0.4, 0.5) is 13.2 Å². The van der Waals surface area contributed by atoms with E-state index in [2.05, 4.69) is 21.3 Å². The predicted molar refractivity (Wildman–Crippen MR) is 204 cm³/mol. The van der Waals surface area contributed by atoms with Crippen LogP contribution in [0.1, 0.15) is 116 Å². The van der Waals surface area contributed by atoms with Gasteiger partial charge in [0.15, 0.2) is 0 Å². The second-order valence-corrected chi connectivity index (χ2v) is 16.0. The molecule has 3 rings (SSSR count). The van der Waals surface area contributed by atoms with Gasteiger partial charge in [0.05, 0.1) is 36.3 Å². The molecule has 1 aromatic carbocycles. The fourth-order valence-corrected chi connectivity index (χ4v) is 7.34. The first-order valence-corrected chi connectivity index (χ1v) is 19.9. The molecule has 1 saturated heterocycles. The minimum absolute atomic E-state index is 0.0204. The Hall–Kier alpha value is -4.54. The molecule has 1 aliphatic carbocycles. The van der Waals surface area contributed by atoms with Crippen LogP contribution in [-0.4, -0.2) is 95.1 Å². The Labute approximate surface area is 332 Å². The molecule has 2 fully saturated rings. The van der Waals surface area contributed by atoms with Gasteiger partial charge in [-0.3, -0.25) is 33.6 Å². The normalized spacial score (nSPS) is 19.2. The SMILES string of the molecule is CCCCC(NC(=O)CNC(=O)C(=O)C(CCC)NC(=O)[C@@H]1C[C@@H](OC(C)(C)C)CN1C(=O)C(NC(=O)Cc1cccc(C(F)(F)F)c1)C1CCCCC1)C(N)=O. The quantitative estimate of drug-likeness (QED) is 0.131. The summed E-state index contributed by atoms with van der Waals surface area (Å²) in [6.45, 7) is 8.47. The van der Waals surface area contributed by atoms with Gasteiger partial charge in [0.2, 0.25) is 35.3 Å². The van der Waals surface area contributed by atoms with Crippen LogP contribution in [0.15, 0.2) is 24.3 Å². The first-order chi connectivity index (χ1) is 26.7. The number of ketones is 1. The highest BCUT2D eigenvalue weighted by Crippen LogP contribution is 2.32. The number of benzene rings is 1. The molecule has 14 nitrogen and oxygen atoms in total. The van der Waals surface area contributed by atoms with Crippen molar-refractivity contribution in [1.29, 1.82) is 0 Å². The Kier molecular flexibility index (Phi) is 17.5. The fourth-order valence-electron chi connectivity index (χ4n) is 7.34.